The Labute approximate surface area is 79.9 Å². The molecule has 0 saturated carbocycles. The molecule has 0 fully saturated rings. The normalized spacial score (nSPS) is 9.69. The Balaban J connectivity index is 3.20. The molecule has 0 radical (unpaired) electrons. The van der Waals surface area contributed by atoms with Crippen molar-refractivity contribution in [2.45, 2.75) is 6.92 Å². The number of carboxylic acid groups (broad SMARTS) is 1. The van der Waals surface area contributed by atoms with Crippen LogP contribution in [0.25, 0.3) is 0 Å². The maximum absolute atomic E-state index is 10.8. The number of carbonyl (C=O) groups is 2. The number of aryl methyl sites for hydroxylation is 1. The van der Waals surface area contributed by atoms with Crippen molar-refractivity contribution in [1.82, 2.24) is 0 Å². The second-order valence-electron chi connectivity index (χ2n) is 2.61. The summed E-state index contributed by atoms with van der Waals surface area (Å²) in [5.41, 5.74) is 1.06. The molecular weight excluding hydrogens is 192 g/mol. The van der Waals surface area contributed by atoms with Gasteiger partial charge >= 0.3 is 5.97 Å². The van der Waals surface area contributed by atoms with Gasteiger partial charge in [-0.1, -0.05) is 0 Å². The largest absolute Gasteiger partial charge is 0.478 e. The number of benzene rings is 1. The van der Waals surface area contributed by atoms with Gasteiger partial charge in [0, 0.05) is 5.56 Å². The summed E-state index contributed by atoms with van der Waals surface area (Å²) in [6, 6.07) is 4.18. The zero-order chi connectivity index (χ0) is 10.0. The highest BCUT2D eigenvalue weighted by Crippen LogP contribution is 2.13. The maximum Gasteiger partial charge on any atom is 0.335 e. The van der Waals surface area contributed by atoms with Gasteiger partial charge in [-0.25, -0.2) is 4.79 Å². The van der Waals surface area contributed by atoms with Gasteiger partial charge in [-0.2, -0.15) is 0 Å². The lowest BCUT2D eigenvalue weighted by Gasteiger charge is -2.01. The standard InChI is InChI=1S/C9H7ClO3/c1-5-4-6(9(12)13)2-3-7(5)8(10)11/h2-4H,1H3,(H,12,13). The highest BCUT2D eigenvalue weighted by Gasteiger charge is 2.09. The molecule has 1 N–H and O–H groups in total. The highest BCUT2D eigenvalue weighted by atomic mass is 35.5. The van der Waals surface area contributed by atoms with Gasteiger partial charge in [-0.05, 0) is 42.3 Å². The van der Waals surface area contributed by atoms with E-state index in [1.807, 2.05) is 0 Å². The fourth-order valence-electron chi connectivity index (χ4n) is 1.02. The molecule has 1 aromatic rings. The quantitative estimate of drug-likeness (QED) is 0.741. The SMILES string of the molecule is Cc1cc(C(=O)O)ccc1C(=O)Cl. The first-order chi connectivity index (χ1) is 6.02. The van der Waals surface area contributed by atoms with Crippen LogP contribution in [0.15, 0.2) is 18.2 Å². The van der Waals surface area contributed by atoms with Gasteiger partial charge in [0.25, 0.3) is 5.24 Å². The van der Waals surface area contributed by atoms with Crippen LogP contribution >= 0.6 is 11.6 Å². The smallest absolute Gasteiger partial charge is 0.335 e. The molecule has 1 aromatic carbocycles. The van der Waals surface area contributed by atoms with Gasteiger partial charge in [-0.15, -0.1) is 0 Å². The second-order valence-corrected chi connectivity index (χ2v) is 2.95. The molecule has 1 rings (SSSR count). The van der Waals surface area contributed by atoms with E-state index in [-0.39, 0.29) is 5.56 Å². The molecule has 0 heterocycles. The van der Waals surface area contributed by atoms with E-state index < -0.39 is 11.2 Å². The molecular formula is C9H7ClO3. The van der Waals surface area contributed by atoms with Gasteiger partial charge in [0.15, 0.2) is 0 Å². The van der Waals surface area contributed by atoms with Gasteiger partial charge in [-0.3, -0.25) is 4.79 Å². The Hall–Kier alpha value is -1.35. The molecule has 0 saturated heterocycles. The van der Waals surface area contributed by atoms with Crippen molar-refractivity contribution < 1.29 is 14.7 Å². The molecule has 0 unspecified atom stereocenters. The van der Waals surface area contributed by atoms with Crippen LogP contribution in [0, 0.1) is 6.92 Å². The lowest BCUT2D eigenvalue weighted by Crippen LogP contribution is -2.00. The second kappa shape index (κ2) is 3.58. The van der Waals surface area contributed by atoms with Gasteiger partial charge in [0.2, 0.25) is 0 Å². The van der Waals surface area contributed by atoms with Crippen LogP contribution in [0.3, 0.4) is 0 Å². The van der Waals surface area contributed by atoms with Crippen molar-refractivity contribution in [1.29, 1.82) is 0 Å². The summed E-state index contributed by atoms with van der Waals surface area (Å²) in [6.45, 7) is 1.64. The average Bonchev–Trinajstić information content (AvgIpc) is 2.03. The summed E-state index contributed by atoms with van der Waals surface area (Å²) < 4.78 is 0. The fourth-order valence-corrected chi connectivity index (χ4v) is 1.23. The van der Waals surface area contributed by atoms with Crippen LogP contribution in [0.1, 0.15) is 26.3 Å². The predicted molar refractivity (Wildman–Crippen MR) is 48.3 cm³/mol. The first-order valence-corrected chi connectivity index (χ1v) is 3.94. The summed E-state index contributed by atoms with van der Waals surface area (Å²) in [4.78, 5) is 21.3. The van der Waals surface area contributed by atoms with Crippen molar-refractivity contribution in [2.75, 3.05) is 0 Å². The number of aromatic carboxylic acids is 1. The van der Waals surface area contributed by atoms with Gasteiger partial charge in [0.05, 0.1) is 5.56 Å². The lowest BCUT2D eigenvalue weighted by molar-refractivity contribution is 0.0696. The van der Waals surface area contributed by atoms with E-state index in [9.17, 15) is 9.59 Å². The molecule has 0 amide bonds. The minimum Gasteiger partial charge on any atom is -0.478 e. The van der Waals surface area contributed by atoms with E-state index in [4.69, 9.17) is 16.7 Å². The molecule has 0 bridgehead atoms. The Morgan fingerprint density at radius 3 is 2.38 bits per heavy atom. The van der Waals surface area contributed by atoms with Crippen molar-refractivity contribution in [3.63, 3.8) is 0 Å². The third kappa shape index (κ3) is 2.06. The molecule has 13 heavy (non-hydrogen) atoms. The molecule has 0 aliphatic rings. The van der Waals surface area contributed by atoms with Crippen LogP contribution in [-0.2, 0) is 0 Å². The van der Waals surface area contributed by atoms with E-state index >= 15 is 0 Å². The Kier molecular flexibility index (Phi) is 2.68. The zero-order valence-electron chi connectivity index (χ0n) is 6.87. The lowest BCUT2D eigenvalue weighted by atomic mass is 10.1. The summed E-state index contributed by atoms with van der Waals surface area (Å²) in [7, 11) is 0. The van der Waals surface area contributed by atoms with Crippen LogP contribution in [-0.4, -0.2) is 16.3 Å². The van der Waals surface area contributed by atoms with Crippen molar-refractivity contribution in [3.8, 4) is 0 Å². The molecule has 0 aromatic heterocycles. The average molecular weight is 199 g/mol. The maximum atomic E-state index is 10.8. The van der Waals surface area contributed by atoms with Crippen LogP contribution < -0.4 is 0 Å². The van der Waals surface area contributed by atoms with Crippen LogP contribution in [0.5, 0.6) is 0 Å². The highest BCUT2D eigenvalue weighted by molar-refractivity contribution is 6.67. The summed E-state index contributed by atoms with van der Waals surface area (Å²) in [5, 5.41) is 8.05. The third-order valence-corrected chi connectivity index (χ3v) is 1.89. The number of hydrogen-bond donors (Lipinski definition) is 1. The molecule has 0 atom stereocenters. The summed E-state index contributed by atoms with van der Waals surface area (Å²) in [5.74, 6) is -1.02. The number of hydrogen-bond acceptors (Lipinski definition) is 2. The molecule has 0 aliphatic heterocycles. The van der Waals surface area contributed by atoms with Crippen molar-refractivity contribution in [3.05, 3.63) is 34.9 Å². The molecule has 0 aliphatic carbocycles. The summed E-state index contributed by atoms with van der Waals surface area (Å²) in [6.07, 6.45) is 0. The summed E-state index contributed by atoms with van der Waals surface area (Å²) >= 11 is 5.25. The first kappa shape index (κ1) is 9.74. The van der Waals surface area contributed by atoms with E-state index in [0.29, 0.717) is 11.1 Å². The molecule has 0 spiro atoms. The number of carbonyl (C=O) groups excluding carboxylic acids is 1. The van der Waals surface area contributed by atoms with Crippen LogP contribution in [0.2, 0.25) is 0 Å². The van der Waals surface area contributed by atoms with Crippen LogP contribution in [0.4, 0.5) is 0 Å². The zero-order valence-corrected chi connectivity index (χ0v) is 7.63. The van der Waals surface area contributed by atoms with E-state index in [2.05, 4.69) is 0 Å². The number of halogens is 1. The van der Waals surface area contributed by atoms with Gasteiger partial charge < -0.3 is 5.11 Å². The minimum absolute atomic E-state index is 0.152. The van der Waals surface area contributed by atoms with E-state index in [0.717, 1.165) is 0 Å². The fraction of sp³-hybridized carbons (Fsp3) is 0.111. The van der Waals surface area contributed by atoms with Crippen molar-refractivity contribution in [2.24, 2.45) is 0 Å². The molecule has 68 valence electrons. The number of rotatable bonds is 2. The Morgan fingerprint density at radius 1 is 1.38 bits per heavy atom. The first-order valence-electron chi connectivity index (χ1n) is 3.56. The number of carboxylic acids is 1. The topological polar surface area (TPSA) is 54.4 Å². The Morgan fingerprint density at radius 2 is 2.00 bits per heavy atom. The minimum atomic E-state index is -1.02. The van der Waals surface area contributed by atoms with E-state index in [1.54, 1.807) is 6.92 Å². The monoisotopic (exact) mass is 198 g/mol. The molecule has 3 nitrogen and oxygen atoms in total. The van der Waals surface area contributed by atoms with E-state index in [1.165, 1.54) is 18.2 Å². The van der Waals surface area contributed by atoms with Crippen molar-refractivity contribution >= 4 is 22.8 Å². The van der Waals surface area contributed by atoms with Gasteiger partial charge in [0.1, 0.15) is 0 Å². The molecule has 4 heteroatoms. The third-order valence-electron chi connectivity index (χ3n) is 1.69. The Bertz CT molecular complexity index is 371. The predicted octanol–water partition coefficient (Wildman–Crippen LogP) is 2.07.